The number of hydrogen-bond acceptors (Lipinski definition) is 4. The van der Waals surface area contributed by atoms with Crippen molar-refractivity contribution in [1.29, 1.82) is 0 Å². The monoisotopic (exact) mass is 302 g/mol. The van der Waals surface area contributed by atoms with Crippen LogP contribution in [0.1, 0.15) is 16.2 Å². The predicted octanol–water partition coefficient (Wildman–Crippen LogP) is 2.02. The number of hydrogen-bond donors (Lipinski definition) is 0. The molecular formula is C12H13F3N4O2. The number of aromatic nitrogens is 3. The van der Waals surface area contributed by atoms with Gasteiger partial charge in [-0.05, 0) is 6.92 Å². The number of alkyl halides is 3. The Morgan fingerprint density at radius 2 is 2.14 bits per heavy atom. The molecule has 0 saturated heterocycles. The number of halogens is 3. The largest absolute Gasteiger partial charge is 0.440 e. The third kappa shape index (κ3) is 3.41. The molecule has 0 unspecified atom stereocenters. The molecule has 1 amide bonds. The quantitative estimate of drug-likeness (QED) is 0.870. The van der Waals surface area contributed by atoms with Crippen LogP contribution in [0.5, 0.6) is 0 Å². The zero-order valence-corrected chi connectivity index (χ0v) is 11.6. The number of oxazole rings is 1. The topological polar surface area (TPSA) is 64.2 Å². The highest BCUT2D eigenvalue weighted by molar-refractivity contribution is 5.93. The van der Waals surface area contributed by atoms with E-state index in [1.54, 1.807) is 13.2 Å². The van der Waals surface area contributed by atoms with Gasteiger partial charge in [-0.3, -0.25) is 9.48 Å². The number of aryl methyl sites for hydroxylation is 2. The number of carbonyl (C=O) groups is 1. The van der Waals surface area contributed by atoms with E-state index >= 15 is 0 Å². The summed E-state index contributed by atoms with van der Waals surface area (Å²) in [6.07, 6.45) is -1.36. The fourth-order valence-electron chi connectivity index (χ4n) is 1.77. The summed E-state index contributed by atoms with van der Waals surface area (Å²) in [4.78, 5) is 16.5. The fourth-order valence-corrected chi connectivity index (χ4v) is 1.77. The molecule has 0 aliphatic heterocycles. The van der Waals surface area contributed by atoms with Crippen molar-refractivity contribution in [2.75, 3.05) is 13.6 Å². The maximum atomic E-state index is 12.3. The summed E-state index contributed by atoms with van der Waals surface area (Å²) >= 11 is 0. The van der Waals surface area contributed by atoms with E-state index in [1.165, 1.54) is 17.8 Å². The number of nitrogens with zero attached hydrogens (tertiary/aromatic N) is 4. The predicted molar refractivity (Wildman–Crippen MR) is 66.5 cm³/mol. The first-order chi connectivity index (χ1) is 9.67. The Balaban J connectivity index is 2.25. The number of rotatable bonds is 3. The Hall–Kier alpha value is -2.32. The van der Waals surface area contributed by atoms with E-state index < -0.39 is 18.6 Å². The van der Waals surface area contributed by atoms with E-state index in [0.29, 0.717) is 10.5 Å². The van der Waals surface area contributed by atoms with Gasteiger partial charge in [-0.15, -0.1) is 0 Å². The van der Waals surface area contributed by atoms with Gasteiger partial charge in [0.2, 0.25) is 5.89 Å². The second kappa shape index (κ2) is 5.23. The average molecular weight is 302 g/mol. The van der Waals surface area contributed by atoms with Gasteiger partial charge < -0.3 is 9.32 Å². The molecule has 0 aliphatic carbocycles. The molecule has 0 saturated carbocycles. The highest BCUT2D eigenvalue weighted by Crippen LogP contribution is 2.23. The molecule has 0 fully saturated rings. The molecule has 6 nitrogen and oxygen atoms in total. The van der Waals surface area contributed by atoms with Crippen molar-refractivity contribution in [2.45, 2.75) is 13.1 Å². The van der Waals surface area contributed by atoms with Gasteiger partial charge in [0.1, 0.15) is 12.3 Å². The van der Waals surface area contributed by atoms with Crippen molar-refractivity contribution in [1.82, 2.24) is 19.7 Å². The molecule has 0 atom stereocenters. The van der Waals surface area contributed by atoms with Crippen LogP contribution in [0.3, 0.4) is 0 Å². The lowest BCUT2D eigenvalue weighted by atomic mass is 10.3. The molecule has 0 bridgehead atoms. The minimum atomic E-state index is -4.46. The van der Waals surface area contributed by atoms with Gasteiger partial charge in [-0.25, -0.2) is 4.98 Å². The van der Waals surface area contributed by atoms with E-state index in [2.05, 4.69) is 10.1 Å². The van der Waals surface area contributed by atoms with E-state index in [0.717, 1.165) is 7.05 Å². The fraction of sp³-hybridized carbons (Fsp3) is 0.417. The second-order valence-corrected chi connectivity index (χ2v) is 4.60. The second-order valence-electron chi connectivity index (χ2n) is 4.60. The molecule has 2 heterocycles. The smallest absolute Gasteiger partial charge is 0.406 e. The van der Waals surface area contributed by atoms with Crippen LogP contribution >= 0.6 is 0 Å². The van der Waals surface area contributed by atoms with Crippen LogP contribution in [0, 0.1) is 6.92 Å². The lowest BCUT2D eigenvalue weighted by Gasteiger charge is -2.17. The zero-order chi connectivity index (χ0) is 15.8. The molecule has 0 N–H and O–H groups in total. The van der Waals surface area contributed by atoms with Crippen molar-refractivity contribution < 1.29 is 22.4 Å². The molecule has 2 rings (SSSR count). The first kappa shape index (κ1) is 15.1. The summed E-state index contributed by atoms with van der Waals surface area (Å²) in [5.41, 5.74) is 0.402. The highest BCUT2D eigenvalue weighted by Gasteiger charge is 2.33. The number of amides is 1. The van der Waals surface area contributed by atoms with Crippen LogP contribution in [0.15, 0.2) is 16.8 Å². The molecule has 2 aromatic rings. The van der Waals surface area contributed by atoms with Gasteiger partial charge in [0.25, 0.3) is 5.91 Å². The van der Waals surface area contributed by atoms with Gasteiger partial charge in [0.05, 0.1) is 11.8 Å². The summed E-state index contributed by atoms with van der Waals surface area (Å²) in [6, 6.07) is 0. The van der Waals surface area contributed by atoms with Gasteiger partial charge in [0.15, 0.2) is 5.69 Å². The lowest BCUT2D eigenvalue weighted by Crippen LogP contribution is -2.36. The van der Waals surface area contributed by atoms with E-state index in [4.69, 9.17) is 4.42 Å². The third-order valence-corrected chi connectivity index (χ3v) is 2.71. The molecule has 0 radical (unpaired) electrons. The molecule has 0 aromatic carbocycles. The number of carbonyl (C=O) groups excluding carboxylic acids is 1. The van der Waals surface area contributed by atoms with Crippen molar-refractivity contribution in [2.24, 2.45) is 7.05 Å². The third-order valence-electron chi connectivity index (χ3n) is 2.71. The average Bonchev–Trinajstić information content (AvgIpc) is 2.92. The summed E-state index contributed by atoms with van der Waals surface area (Å²) in [6.45, 7) is 0.127. The van der Waals surface area contributed by atoms with E-state index in [-0.39, 0.29) is 17.3 Å². The molecule has 0 aliphatic rings. The normalized spacial score (nSPS) is 11.7. The van der Waals surface area contributed by atoms with Crippen molar-refractivity contribution in [3.63, 3.8) is 0 Å². The Kier molecular flexibility index (Phi) is 3.75. The first-order valence-electron chi connectivity index (χ1n) is 5.96. The van der Waals surface area contributed by atoms with Crippen LogP contribution in [0.4, 0.5) is 13.2 Å². The molecule has 9 heteroatoms. The van der Waals surface area contributed by atoms with Crippen molar-refractivity contribution in [3.8, 4) is 11.5 Å². The standard InChI is InChI=1S/C12H13F3N4O2/c1-7-9(11(20)18(2)6-12(13,14)15)17-10(21-7)8-4-16-19(3)5-8/h4-5H,6H2,1-3H3. The molecule has 114 valence electrons. The highest BCUT2D eigenvalue weighted by atomic mass is 19.4. The summed E-state index contributed by atoms with van der Waals surface area (Å²) < 4.78 is 43.8. The Bertz CT molecular complexity index is 660. The molecule has 2 aromatic heterocycles. The van der Waals surface area contributed by atoms with E-state index in [1.807, 2.05) is 0 Å². The van der Waals surface area contributed by atoms with Crippen LogP contribution in [0.2, 0.25) is 0 Å². The zero-order valence-electron chi connectivity index (χ0n) is 11.6. The van der Waals surface area contributed by atoms with Gasteiger partial charge in [-0.1, -0.05) is 0 Å². The van der Waals surface area contributed by atoms with Crippen LogP contribution < -0.4 is 0 Å². The lowest BCUT2D eigenvalue weighted by molar-refractivity contribution is -0.138. The Morgan fingerprint density at radius 3 is 2.67 bits per heavy atom. The summed E-state index contributed by atoms with van der Waals surface area (Å²) in [5, 5.41) is 3.93. The summed E-state index contributed by atoms with van der Waals surface area (Å²) in [7, 11) is 2.76. The molecule has 21 heavy (non-hydrogen) atoms. The minimum Gasteiger partial charge on any atom is -0.440 e. The van der Waals surface area contributed by atoms with Crippen molar-refractivity contribution >= 4 is 5.91 Å². The molecule has 0 spiro atoms. The van der Waals surface area contributed by atoms with Crippen LogP contribution in [-0.2, 0) is 7.05 Å². The summed E-state index contributed by atoms with van der Waals surface area (Å²) in [5.74, 6) is -0.541. The van der Waals surface area contributed by atoms with E-state index in [9.17, 15) is 18.0 Å². The maximum absolute atomic E-state index is 12.3. The minimum absolute atomic E-state index is 0.138. The Labute approximate surface area is 118 Å². The SMILES string of the molecule is Cc1oc(-c2cnn(C)c2)nc1C(=O)N(C)CC(F)(F)F. The van der Waals surface area contributed by atoms with Crippen LogP contribution in [0.25, 0.3) is 11.5 Å². The van der Waals surface area contributed by atoms with Gasteiger partial charge in [-0.2, -0.15) is 18.3 Å². The Morgan fingerprint density at radius 1 is 1.48 bits per heavy atom. The van der Waals surface area contributed by atoms with Crippen molar-refractivity contribution in [3.05, 3.63) is 23.8 Å². The van der Waals surface area contributed by atoms with Crippen LogP contribution in [-0.4, -0.2) is 45.3 Å². The van der Waals surface area contributed by atoms with Gasteiger partial charge >= 0.3 is 6.18 Å². The van der Waals surface area contributed by atoms with Gasteiger partial charge in [0, 0.05) is 20.3 Å². The maximum Gasteiger partial charge on any atom is 0.406 e. The molecular weight excluding hydrogens is 289 g/mol. The first-order valence-corrected chi connectivity index (χ1v) is 5.96.